The van der Waals surface area contributed by atoms with Crippen LogP contribution in [0.15, 0.2) is 0 Å². The Balaban J connectivity index is 2.30. The number of hydrogen-bond donors (Lipinski definition) is 1. The molecule has 1 aliphatic heterocycles. The summed E-state index contributed by atoms with van der Waals surface area (Å²) in [6.07, 6.45) is 3.86. The zero-order chi connectivity index (χ0) is 6.69. The molecule has 0 aliphatic carbocycles. The Bertz CT molecular complexity index is 85.0. The third-order valence-corrected chi connectivity index (χ3v) is 1.83. The number of aliphatic hydroxyl groups is 1. The van der Waals surface area contributed by atoms with Gasteiger partial charge in [0.1, 0.15) is 0 Å². The second-order valence-corrected chi connectivity index (χ2v) is 2.45. The van der Waals surface area contributed by atoms with Gasteiger partial charge in [0.05, 0.1) is 0 Å². The number of aliphatic hydroxyl groups excluding tert-OH is 1. The average Bonchev–Trinajstić information content (AvgIpc) is 1.89. The Labute approximate surface area is 56.5 Å². The molecular formula is C7H14NO. The molecule has 1 aliphatic rings. The fraction of sp³-hybridized carbons (Fsp3) is 0.857. The lowest BCUT2D eigenvalue weighted by molar-refractivity contribution is 0.0814. The number of piperidine rings is 1. The maximum Gasteiger partial charge on any atom is 0.161 e. The summed E-state index contributed by atoms with van der Waals surface area (Å²) in [5, 5.41) is 9.21. The largest absolute Gasteiger partial charge is 0.371 e. The zero-order valence-corrected chi connectivity index (χ0v) is 5.93. The fourth-order valence-corrected chi connectivity index (χ4v) is 1.21. The van der Waals surface area contributed by atoms with Gasteiger partial charge in [0.15, 0.2) is 6.23 Å². The van der Waals surface area contributed by atoms with E-state index in [9.17, 15) is 5.11 Å². The van der Waals surface area contributed by atoms with Gasteiger partial charge in [0.2, 0.25) is 0 Å². The van der Waals surface area contributed by atoms with Gasteiger partial charge in [-0.25, -0.2) is 0 Å². The molecule has 9 heavy (non-hydrogen) atoms. The van der Waals surface area contributed by atoms with Crippen molar-refractivity contribution in [2.45, 2.75) is 26.2 Å². The molecule has 0 bridgehead atoms. The van der Waals surface area contributed by atoms with E-state index >= 15 is 0 Å². The first-order valence-corrected chi connectivity index (χ1v) is 3.64. The van der Waals surface area contributed by atoms with Crippen LogP contribution in [-0.2, 0) is 0 Å². The van der Waals surface area contributed by atoms with Gasteiger partial charge in [0, 0.05) is 6.54 Å². The minimum atomic E-state index is 0.587. The van der Waals surface area contributed by atoms with E-state index in [0.29, 0.717) is 6.23 Å². The third kappa shape index (κ3) is 1.66. The molecule has 2 heteroatoms. The summed E-state index contributed by atoms with van der Waals surface area (Å²) in [7, 11) is 0. The van der Waals surface area contributed by atoms with E-state index in [4.69, 9.17) is 0 Å². The van der Waals surface area contributed by atoms with Crippen LogP contribution < -0.4 is 0 Å². The van der Waals surface area contributed by atoms with Gasteiger partial charge in [-0.2, -0.15) is 0 Å². The van der Waals surface area contributed by atoms with Crippen molar-refractivity contribution in [2.75, 3.05) is 13.1 Å². The lowest BCUT2D eigenvalue weighted by Gasteiger charge is -2.29. The van der Waals surface area contributed by atoms with Crippen LogP contribution in [0.4, 0.5) is 0 Å². The van der Waals surface area contributed by atoms with Crippen molar-refractivity contribution in [3.63, 3.8) is 0 Å². The van der Waals surface area contributed by atoms with E-state index < -0.39 is 0 Å². The van der Waals surface area contributed by atoms with E-state index in [1.165, 1.54) is 6.42 Å². The first-order valence-electron chi connectivity index (χ1n) is 3.64. The Morgan fingerprint density at radius 3 is 2.78 bits per heavy atom. The van der Waals surface area contributed by atoms with Crippen LogP contribution in [0.25, 0.3) is 0 Å². The number of hydrogen-bond acceptors (Lipinski definition) is 2. The monoisotopic (exact) mass is 128 g/mol. The van der Waals surface area contributed by atoms with Crippen molar-refractivity contribution in [1.29, 1.82) is 0 Å². The van der Waals surface area contributed by atoms with Gasteiger partial charge in [-0.15, -0.1) is 0 Å². The second kappa shape index (κ2) is 3.18. The normalized spacial score (nSPS) is 24.7. The molecule has 0 spiro atoms. The molecule has 1 rings (SSSR count). The summed E-state index contributed by atoms with van der Waals surface area (Å²) in [5.41, 5.74) is 0. The molecular weight excluding hydrogens is 114 g/mol. The van der Waals surface area contributed by atoms with Crippen molar-refractivity contribution in [1.82, 2.24) is 4.90 Å². The summed E-state index contributed by atoms with van der Waals surface area (Å²) in [6.45, 7) is 4.07. The molecule has 0 aromatic rings. The summed E-state index contributed by atoms with van der Waals surface area (Å²) >= 11 is 0. The highest BCUT2D eigenvalue weighted by atomic mass is 16.3. The molecule has 2 nitrogen and oxygen atoms in total. The van der Waals surface area contributed by atoms with Crippen molar-refractivity contribution in [3.05, 3.63) is 6.23 Å². The maximum atomic E-state index is 9.21. The third-order valence-electron chi connectivity index (χ3n) is 1.83. The highest BCUT2D eigenvalue weighted by Crippen LogP contribution is 2.19. The first-order chi connectivity index (χ1) is 4.34. The topological polar surface area (TPSA) is 23.5 Å². The van der Waals surface area contributed by atoms with Crippen LogP contribution in [-0.4, -0.2) is 23.1 Å². The fourth-order valence-electron chi connectivity index (χ4n) is 1.21. The van der Waals surface area contributed by atoms with E-state index in [1.54, 1.807) is 0 Å². The number of rotatable bonds is 1. The summed E-state index contributed by atoms with van der Waals surface area (Å²) in [5.74, 6) is 0. The molecule has 0 amide bonds. The van der Waals surface area contributed by atoms with Crippen molar-refractivity contribution in [3.8, 4) is 0 Å². The predicted octanol–water partition coefficient (Wildman–Crippen LogP) is 1.35. The van der Waals surface area contributed by atoms with Gasteiger partial charge in [-0.05, 0) is 25.8 Å². The van der Waals surface area contributed by atoms with Gasteiger partial charge >= 0.3 is 0 Å². The molecule has 1 radical (unpaired) electrons. The zero-order valence-electron chi connectivity index (χ0n) is 5.93. The molecule has 1 N–H and O–H groups in total. The summed E-state index contributed by atoms with van der Waals surface area (Å²) in [6, 6.07) is 0. The van der Waals surface area contributed by atoms with Crippen LogP contribution in [0.2, 0.25) is 0 Å². The standard InChI is InChI=1S/C7H14NO/c1-2-8-6-4-3-5-7(8)9/h9H,2-6H2,1H3. The van der Waals surface area contributed by atoms with E-state index in [2.05, 4.69) is 6.92 Å². The average molecular weight is 128 g/mol. The molecule has 0 aromatic carbocycles. The van der Waals surface area contributed by atoms with Crippen molar-refractivity contribution in [2.24, 2.45) is 0 Å². The lowest BCUT2D eigenvalue weighted by Crippen LogP contribution is -2.32. The lowest BCUT2D eigenvalue weighted by atomic mass is 10.1. The van der Waals surface area contributed by atoms with Gasteiger partial charge < -0.3 is 5.11 Å². The minimum Gasteiger partial charge on any atom is -0.371 e. The van der Waals surface area contributed by atoms with Crippen molar-refractivity contribution >= 4 is 0 Å². The quantitative estimate of drug-likeness (QED) is 0.576. The van der Waals surface area contributed by atoms with Crippen LogP contribution in [0, 0.1) is 6.23 Å². The SMILES string of the molecule is CCN1CCCC[C]1O. The minimum absolute atomic E-state index is 0.587. The molecule has 0 atom stereocenters. The van der Waals surface area contributed by atoms with E-state index in [-0.39, 0.29) is 0 Å². The Morgan fingerprint density at radius 1 is 1.56 bits per heavy atom. The van der Waals surface area contributed by atoms with Crippen LogP contribution in [0.5, 0.6) is 0 Å². The van der Waals surface area contributed by atoms with Gasteiger partial charge in [0.25, 0.3) is 0 Å². The number of likely N-dealkylation sites (tertiary alicyclic amines) is 1. The van der Waals surface area contributed by atoms with Gasteiger partial charge in [-0.3, -0.25) is 4.90 Å². The van der Waals surface area contributed by atoms with Crippen LogP contribution in [0.1, 0.15) is 26.2 Å². The molecule has 1 saturated heterocycles. The number of nitrogens with zero attached hydrogens (tertiary/aromatic N) is 1. The molecule has 0 aromatic heterocycles. The van der Waals surface area contributed by atoms with E-state index in [1.807, 2.05) is 4.90 Å². The summed E-state index contributed by atoms with van der Waals surface area (Å²) < 4.78 is 0. The van der Waals surface area contributed by atoms with Crippen LogP contribution in [0.3, 0.4) is 0 Å². The predicted molar refractivity (Wildman–Crippen MR) is 36.3 cm³/mol. The first kappa shape index (κ1) is 7.03. The molecule has 1 fully saturated rings. The summed E-state index contributed by atoms with van der Waals surface area (Å²) in [4.78, 5) is 2.03. The molecule has 53 valence electrons. The smallest absolute Gasteiger partial charge is 0.161 e. The Hall–Kier alpha value is -0.0800. The van der Waals surface area contributed by atoms with Gasteiger partial charge in [-0.1, -0.05) is 6.92 Å². The van der Waals surface area contributed by atoms with Crippen LogP contribution >= 0.6 is 0 Å². The Kier molecular flexibility index (Phi) is 2.49. The Morgan fingerprint density at radius 2 is 2.33 bits per heavy atom. The maximum absolute atomic E-state index is 9.21. The van der Waals surface area contributed by atoms with Crippen molar-refractivity contribution < 1.29 is 5.11 Å². The molecule has 1 heterocycles. The molecule has 0 unspecified atom stereocenters. The second-order valence-electron chi connectivity index (χ2n) is 2.45. The highest BCUT2D eigenvalue weighted by molar-refractivity contribution is 4.80. The van der Waals surface area contributed by atoms with E-state index in [0.717, 1.165) is 25.9 Å². The molecule has 0 saturated carbocycles. The highest BCUT2D eigenvalue weighted by Gasteiger charge is 2.18.